The Kier molecular flexibility index (Phi) is 5.63. The van der Waals surface area contributed by atoms with E-state index in [-0.39, 0.29) is 0 Å². The Balaban J connectivity index is 3.26. The number of rotatable bonds is 7. The Morgan fingerprint density at radius 2 is 1.89 bits per heavy atom. The number of hydrogen-bond donors (Lipinski definition) is 1. The van der Waals surface area contributed by atoms with Crippen molar-refractivity contribution in [1.82, 2.24) is 4.90 Å². The molecule has 1 rings (SSSR count). The van der Waals surface area contributed by atoms with E-state index < -0.39 is 5.54 Å². The third kappa shape index (κ3) is 3.85. The van der Waals surface area contributed by atoms with Gasteiger partial charge in [-0.1, -0.05) is 13.3 Å². The van der Waals surface area contributed by atoms with Crippen molar-refractivity contribution in [2.45, 2.75) is 25.3 Å². The second-order valence-corrected chi connectivity index (χ2v) is 5.21. The molecule has 19 heavy (non-hydrogen) atoms. The third-order valence-corrected chi connectivity index (χ3v) is 3.24. The summed E-state index contributed by atoms with van der Waals surface area (Å²) < 4.78 is 10.8. The first-order valence-electron chi connectivity index (χ1n) is 6.63. The van der Waals surface area contributed by atoms with Gasteiger partial charge < -0.3 is 20.1 Å². The number of hydrogen-bond acceptors (Lipinski definition) is 4. The third-order valence-electron chi connectivity index (χ3n) is 3.24. The van der Waals surface area contributed by atoms with Crippen molar-refractivity contribution < 1.29 is 9.47 Å². The lowest BCUT2D eigenvalue weighted by Gasteiger charge is -2.34. The van der Waals surface area contributed by atoms with Crippen LogP contribution in [0.2, 0.25) is 0 Å². The van der Waals surface area contributed by atoms with Gasteiger partial charge in [0, 0.05) is 12.1 Å². The lowest BCUT2D eigenvalue weighted by Crippen LogP contribution is -2.45. The summed E-state index contributed by atoms with van der Waals surface area (Å²) in [5.74, 6) is 1.62. The second kappa shape index (κ2) is 6.78. The SMILES string of the molecule is CCCC(N)(CN(C)C)c1cc(OC)ccc1OC. The summed E-state index contributed by atoms with van der Waals surface area (Å²) in [5, 5.41) is 0. The van der Waals surface area contributed by atoms with Crippen LogP contribution in [-0.4, -0.2) is 39.8 Å². The Bertz CT molecular complexity index is 407. The van der Waals surface area contributed by atoms with E-state index >= 15 is 0 Å². The molecule has 0 saturated heterocycles. The molecule has 0 fully saturated rings. The molecule has 4 nitrogen and oxygen atoms in total. The molecule has 1 atom stereocenters. The summed E-state index contributed by atoms with van der Waals surface area (Å²) in [4.78, 5) is 2.11. The first kappa shape index (κ1) is 15.8. The quantitative estimate of drug-likeness (QED) is 0.822. The minimum atomic E-state index is -0.432. The van der Waals surface area contributed by atoms with Crippen molar-refractivity contribution in [2.75, 3.05) is 34.9 Å². The van der Waals surface area contributed by atoms with Gasteiger partial charge in [0.2, 0.25) is 0 Å². The monoisotopic (exact) mass is 266 g/mol. The fraction of sp³-hybridized carbons (Fsp3) is 0.600. The summed E-state index contributed by atoms with van der Waals surface area (Å²) in [7, 11) is 7.40. The molecule has 0 saturated carbocycles. The maximum absolute atomic E-state index is 6.65. The van der Waals surface area contributed by atoms with E-state index in [9.17, 15) is 0 Å². The molecule has 0 amide bonds. The van der Waals surface area contributed by atoms with Crippen LogP contribution < -0.4 is 15.2 Å². The van der Waals surface area contributed by atoms with Crippen LogP contribution >= 0.6 is 0 Å². The number of benzene rings is 1. The van der Waals surface area contributed by atoms with Gasteiger partial charge in [0.15, 0.2) is 0 Å². The summed E-state index contributed by atoms with van der Waals surface area (Å²) in [6, 6.07) is 5.80. The molecule has 1 unspecified atom stereocenters. The lowest BCUT2D eigenvalue weighted by molar-refractivity contribution is 0.261. The van der Waals surface area contributed by atoms with Crippen LogP contribution in [-0.2, 0) is 5.54 Å². The molecular formula is C15H26N2O2. The topological polar surface area (TPSA) is 47.7 Å². The maximum atomic E-state index is 6.65. The van der Waals surface area contributed by atoms with Gasteiger partial charge in [-0.25, -0.2) is 0 Å². The normalized spacial score (nSPS) is 14.3. The molecule has 0 aliphatic heterocycles. The highest BCUT2D eigenvalue weighted by Gasteiger charge is 2.30. The molecule has 2 N–H and O–H groups in total. The van der Waals surface area contributed by atoms with Gasteiger partial charge in [-0.3, -0.25) is 0 Å². The Morgan fingerprint density at radius 3 is 2.37 bits per heavy atom. The molecule has 0 bridgehead atoms. The van der Waals surface area contributed by atoms with Gasteiger partial charge in [-0.05, 0) is 38.7 Å². The Hall–Kier alpha value is -1.26. The van der Waals surface area contributed by atoms with Crippen LogP contribution in [0, 0.1) is 0 Å². The van der Waals surface area contributed by atoms with Crippen molar-refractivity contribution in [3.63, 3.8) is 0 Å². The molecule has 0 heterocycles. The summed E-state index contributed by atoms with van der Waals surface area (Å²) >= 11 is 0. The van der Waals surface area contributed by atoms with Crippen molar-refractivity contribution >= 4 is 0 Å². The van der Waals surface area contributed by atoms with E-state index in [1.54, 1.807) is 14.2 Å². The highest BCUT2D eigenvalue weighted by atomic mass is 16.5. The highest BCUT2D eigenvalue weighted by Crippen LogP contribution is 2.35. The Morgan fingerprint density at radius 1 is 1.21 bits per heavy atom. The van der Waals surface area contributed by atoms with Crippen LogP contribution in [0.5, 0.6) is 11.5 Å². The standard InChI is InChI=1S/C15H26N2O2/c1-6-9-15(16,11-17(2)3)13-10-12(18-4)7-8-14(13)19-5/h7-8,10H,6,9,11,16H2,1-5H3. The van der Waals surface area contributed by atoms with Crippen LogP contribution in [0.4, 0.5) is 0 Å². The van der Waals surface area contributed by atoms with E-state index in [4.69, 9.17) is 15.2 Å². The maximum Gasteiger partial charge on any atom is 0.124 e. The zero-order valence-corrected chi connectivity index (χ0v) is 12.7. The minimum Gasteiger partial charge on any atom is -0.497 e. The van der Waals surface area contributed by atoms with Gasteiger partial charge in [-0.15, -0.1) is 0 Å². The summed E-state index contributed by atoms with van der Waals surface area (Å²) in [6.45, 7) is 2.91. The van der Waals surface area contributed by atoms with Crippen LogP contribution in [0.1, 0.15) is 25.3 Å². The van der Waals surface area contributed by atoms with E-state index in [2.05, 4.69) is 11.8 Å². The summed E-state index contributed by atoms with van der Waals surface area (Å²) in [5.41, 5.74) is 7.23. The van der Waals surface area contributed by atoms with Crippen molar-refractivity contribution in [3.05, 3.63) is 23.8 Å². The molecule has 0 radical (unpaired) electrons. The predicted octanol–water partition coefficient (Wildman–Crippen LogP) is 2.22. The summed E-state index contributed by atoms with van der Waals surface area (Å²) in [6.07, 6.45) is 1.92. The van der Waals surface area contributed by atoms with E-state index in [1.807, 2.05) is 32.3 Å². The number of nitrogens with two attached hydrogens (primary N) is 1. The first-order chi connectivity index (χ1) is 8.96. The van der Waals surface area contributed by atoms with Crippen molar-refractivity contribution in [1.29, 1.82) is 0 Å². The Labute approximate surface area is 116 Å². The van der Waals surface area contributed by atoms with E-state index in [0.29, 0.717) is 0 Å². The minimum absolute atomic E-state index is 0.432. The lowest BCUT2D eigenvalue weighted by atomic mass is 9.85. The molecule has 108 valence electrons. The molecule has 1 aromatic carbocycles. The van der Waals surface area contributed by atoms with Gasteiger partial charge in [-0.2, -0.15) is 0 Å². The van der Waals surface area contributed by atoms with Crippen LogP contribution in [0.3, 0.4) is 0 Å². The van der Waals surface area contributed by atoms with E-state index in [0.717, 1.165) is 36.4 Å². The largest absolute Gasteiger partial charge is 0.497 e. The molecule has 4 heteroatoms. The average molecular weight is 266 g/mol. The fourth-order valence-corrected chi connectivity index (χ4v) is 2.51. The molecule has 1 aromatic rings. The number of nitrogens with zero attached hydrogens (tertiary/aromatic N) is 1. The molecule has 0 aliphatic carbocycles. The molecule has 0 spiro atoms. The van der Waals surface area contributed by atoms with E-state index in [1.165, 1.54) is 0 Å². The van der Waals surface area contributed by atoms with Gasteiger partial charge in [0.05, 0.1) is 19.8 Å². The number of methoxy groups -OCH3 is 2. The molecular weight excluding hydrogens is 240 g/mol. The van der Waals surface area contributed by atoms with Gasteiger partial charge >= 0.3 is 0 Å². The fourth-order valence-electron chi connectivity index (χ4n) is 2.51. The zero-order valence-electron chi connectivity index (χ0n) is 12.7. The number of likely N-dealkylation sites (N-methyl/N-ethyl adjacent to an activating group) is 1. The van der Waals surface area contributed by atoms with Gasteiger partial charge in [0.25, 0.3) is 0 Å². The van der Waals surface area contributed by atoms with Crippen LogP contribution in [0.15, 0.2) is 18.2 Å². The molecule has 0 aliphatic rings. The van der Waals surface area contributed by atoms with Gasteiger partial charge in [0.1, 0.15) is 11.5 Å². The van der Waals surface area contributed by atoms with Crippen molar-refractivity contribution in [2.24, 2.45) is 5.73 Å². The second-order valence-electron chi connectivity index (χ2n) is 5.21. The zero-order chi connectivity index (χ0) is 14.5. The highest BCUT2D eigenvalue weighted by molar-refractivity contribution is 5.44. The first-order valence-corrected chi connectivity index (χ1v) is 6.63. The number of ether oxygens (including phenoxy) is 2. The average Bonchev–Trinajstić information content (AvgIpc) is 2.37. The smallest absolute Gasteiger partial charge is 0.124 e. The predicted molar refractivity (Wildman–Crippen MR) is 78.9 cm³/mol. The van der Waals surface area contributed by atoms with Crippen LogP contribution in [0.25, 0.3) is 0 Å². The molecule has 0 aromatic heterocycles. The van der Waals surface area contributed by atoms with Crippen molar-refractivity contribution in [3.8, 4) is 11.5 Å².